The first kappa shape index (κ1) is 14.1. The lowest BCUT2D eigenvalue weighted by Crippen LogP contribution is -2.21. The first-order chi connectivity index (χ1) is 7.96. The molecule has 0 amide bonds. The summed E-state index contributed by atoms with van der Waals surface area (Å²) in [5.74, 6) is -3.69. The molecule has 0 bridgehead atoms. The Hall–Kier alpha value is -1.93. The van der Waals surface area contributed by atoms with Crippen LogP contribution in [-0.2, 0) is 12.4 Å². The van der Waals surface area contributed by atoms with E-state index in [4.69, 9.17) is 10.2 Å². The largest absolute Gasteiger partial charge is 0.507 e. The van der Waals surface area contributed by atoms with Crippen LogP contribution in [0.15, 0.2) is 12.1 Å². The Morgan fingerprint density at radius 2 is 1.50 bits per heavy atom. The van der Waals surface area contributed by atoms with Crippen LogP contribution in [0.3, 0.4) is 0 Å². The maximum absolute atomic E-state index is 12.5. The summed E-state index contributed by atoms with van der Waals surface area (Å²) in [6.45, 7) is 0. The molecule has 0 heterocycles. The number of benzene rings is 1. The quantitative estimate of drug-likeness (QED) is 0.773. The Bertz CT molecular complexity index is 488. The number of alkyl halides is 6. The number of hydrogen-bond acceptors (Lipinski definition) is 2. The van der Waals surface area contributed by atoms with Crippen LogP contribution in [0.25, 0.3) is 0 Å². The molecule has 1 aromatic carbocycles. The first-order valence-corrected chi connectivity index (χ1v) is 4.20. The average Bonchev–Trinajstić information content (AvgIpc) is 2.12. The Balaban J connectivity index is 3.78. The molecule has 1 rings (SSSR count). The van der Waals surface area contributed by atoms with Gasteiger partial charge in [-0.15, -0.1) is 0 Å². The van der Waals surface area contributed by atoms with Gasteiger partial charge in [0, 0.05) is 0 Å². The molecule has 0 aliphatic carbocycles. The zero-order valence-electron chi connectivity index (χ0n) is 8.23. The van der Waals surface area contributed by atoms with Gasteiger partial charge in [0.05, 0.1) is 11.1 Å². The molecule has 18 heavy (non-hydrogen) atoms. The predicted molar refractivity (Wildman–Crippen MR) is 45.1 cm³/mol. The number of aromatic hydroxyl groups is 1. The summed E-state index contributed by atoms with van der Waals surface area (Å²) < 4.78 is 74.7. The van der Waals surface area contributed by atoms with E-state index < -0.39 is 40.8 Å². The summed E-state index contributed by atoms with van der Waals surface area (Å²) in [7, 11) is 0. The van der Waals surface area contributed by atoms with Gasteiger partial charge in [0.1, 0.15) is 11.3 Å². The molecule has 0 saturated carbocycles. The van der Waals surface area contributed by atoms with E-state index in [2.05, 4.69) is 0 Å². The van der Waals surface area contributed by atoms with Gasteiger partial charge in [0.2, 0.25) is 0 Å². The van der Waals surface area contributed by atoms with E-state index >= 15 is 0 Å². The maximum Gasteiger partial charge on any atom is 0.417 e. The molecule has 0 aliphatic heterocycles. The van der Waals surface area contributed by atoms with Crippen LogP contribution in [0.5, 0.6) is 5.75 Å². The van der Waals surface area contributed by atoms with Crippen molar-refractivity contribution in [2.75, 3.05) is 0 Å². The predicted octanol–water partition coefficient (Wildman–Crippen LogP) is 3.13. The number of hydrogen-bond donors (Lipinski definition) is 2. The fraction of sp³-hybridized carbons (Fsp3) is 0.222. The van der Waals surface area contributed by atoms with Crippen molar-refractivity contribution in [2.45, 2.75) is 12.4 Å². The van der Waals surface area contributed by atoms with Gasteiger partial charge in [-0.1, -0.05) is 0 Å². The van der Waals surface area contributed by atoms with Crippen LogP contribution in [0.4, 0.5) is 26.3 Å². The van der Waals surface area contributed by atoms with Crippen molar-refractivity contribution in [1.29, 1.82) is 0 Å². The lowest BCUT2D eigenvalue weighted by molar-refractivity contribution is -0.162. The van der Waals surface area contributed by atoms with Gasteiger partial charge in [-0.25, -0.2) is 4.79 Å². The van der Waals surface area contributed by atoms with E-state index in [1.54, 1.807) is 0 Å². The summed E-state index contributed by atoms with van der Waals surface area (Å²) in [6, 6.07) is 0.228. The molecule has 0 aromatic heterocycles. The number of phenols is 1. The van der Waals surface area contributed by atoms with E-state index in [-0.39, 0.29) is 12.1 Å². The summed E-state index contributed by atoms with van der Waals surface area (Å²) in [5.41, 5.74) is -6.40. The molecule has 0 radical (unpaired) electrons. The monoisotopic (exact) mass is 274 g/mol. The van der Waals surface area contributed by atoms with E-state index in [1.807, 2.05) is 0 Å². The van der Waals surface area contributed by atoms with E-state index in [0.29, 0.717) is 0 Å². The van der Waals surface area contributed by atoms with E-state index in [0.717, 1.165) is 0 Å². The van der Waals surface area contributed by atoms with Crippen LogP contribution >= 0.6 is 0 Å². The smallest absolute Gasteiger partial charge is 0.417 e. The number of carboxylic acid groups (broad SMARTS) is 1. The van der Waals surface area contributed by atoms with Crippen molar-refractivity contribution in [3.05, 3.63) is 28.8 Å². The highest BCUT2D eigenvalue weighted by Crippen LogP contribution is 2.44. The molecule has 0 saturated heterocycles. The highest BCUT2D eigenvalue weighted by Gasteiger charge is 2.47. The van der Waals surface area contributed by atoms with Gasteiger partial charge in [-0.05, 0) is 12.1 Å². The molecule has 0 atom stereocenters. The normalized spacial score (nSPS) is 12.6. The van der Waals surface area contributed by atoms with Gasteiger partial charge < -0.3 is 10.2 Å². The van der Waals surface area contributed by atoms with Crippen molar-refractivity contribution in [1.82, 2.24) is 0 Å². The zero-order chi connectivity index (χ0) is 14.3. The van der Waals surface area contributed by atoms with Crippen LogP contribution in [-0.4, -0.2) is 16.2 Å². The Kier molecular flexibility index (Phi) is 3.20. The van der Waals surface area contributed by atoms with Crippen molar-refractivity contribution in [2.24, 2.45) is 0 Å². The summed E-state index contributed by atoms with van der Waals surface area (Å²) in [4.78, 5) is 10.5. The molecule has 0 fully saturated rings. The Labute approximate surface area is 95.3 Å². The summed E-state index contributed by atoms with van der Waals surface area (Å²) in [5, 5.41) is 17.4. The topological polar surface area (TPSA) is 57.5 Å². The molecule has 3 nitrogen and oxygen atoms in total. The van der Waals surface area contributed by atoms with E-state index in [9.17, 15) is 31.1 Å². The standard InChI is InChI=1S/C9H4F6O3/c10-8(11,12)3-1-2-4(16)5(7(17)18)6(3)9(13,14)15/h1-2,16H,(H,17,18). The van der Waals surface area contributed by atoms with Gasteiger partial charge in [-0.3, -0.25) is 0 Å². The molecule has 0 aliphatic rings. The maximum atomic E-state index is 12.5. The number of carbonyl (C=O) groups is 1. The highest BCUT2D eigenvalue weighted by molar-refractivity contribution is 5.93. The fourth-order valence-corrected chi connectivity index (χ4v) is 1.34. The van der Waals surface area contributed by atoms with Crippen molar-refractivity contribution < 1.29 is 41.4 Å². The molecule has 9 heteroatoms. The molecule has 100 valence electrons. The van der Waals surface area contributed by atoms with Crippen molar-refractivity contribution in [3.8, 4) is 5.75 Å². The second-order valence-corrected chi connectivity index (χ2v) is 3.18. The zero-order valence-corrected chi connectivity index (χ0v) is 8.23. The average molecular weight is 274 g/mol. The molecular formula is C9H4F6O3. The van der Waals surface area contributed by atoms with Gasteiger partial charge in [0.25, 0.3) is 0 Å². The second-order valence-electron chi connectivity index (χ2n) is 3.18. The number of rotatable bonds is 1. The third-order valence-corrected chi connectivity index (χ3v) is 1.99. The number of aromatic carboxylic acids is 1. The van der Waals surface area contributed by atoms with Crippen LogP contribution in [0.1, 0.15) is 21.5 Å². The summed E-state index contributed by atoms with van der Waals surface area (Å²) >= 11 is 0. The second kappa shape index (κ2) is 4.07. The van der Waals surface area contributed by atoms with Gasteiger partial charge in [-0.2, -0.15) is 26.3 Å². The SMILES string of the molecule is O=C(O)c1c(O)ccc(C(F)(F)F)c1C(F)(F)F. The minimum Gasteiger partial charge on any atom is -0.507 e. The third kappa shape index (κ3) is 2.49. The molecular weight excluding hydrogens is 270 g/mol. The van der Waals surface area contributed by atoms with Crippen LogP contribution in [0, 0.1) is 0 Å². The third-order valence-electron chi connectivity index (χ3n) is 1.99. The fourth-order valence-electron chi connectivity index (χ4n) is 1.34. The van der Waals surface area contributed by atoms with Gasteiger partial charge in [0.15, 0.2) is 0 Å². The number of halogens is 6. The first-order valence-electron chi connectivity index (χ1n) is 4.20. The molecule has 0 spiro atoms. The Morgan fingerprint density at radius 1 is 1.00 bits per heavy atom. The molecule has 0 unspecified atom stereocenters. The lowest BCUT2D eigenvalue weighted by Gasteiger charge is -2.18. The van der Waals surface area contributed by atoms with Crippen LogP contribution in [0.2, 0.25) is 0 Å². The molecule has 1 aromatic rings. The van der Waals surface area contributed by atoms with E-state index in [1.165, 1.54) is 0 Å². The van der Waals surface area contributed by atoms with Crippen molar-refractivity contribution >= 4 is 5.97 Å². The summed E-state index contributed by atoms with van der Waals surface area (Å²) in [6.07, 6.45) is -10.9. The minimum atomic E-state index is -5.56. The van der Waals surface area contributed by atoms with Gasteiger partial charge >= 0.3 is 18.3 Å². The minimum absolute atomic E-state index is 0.0232. The van der Waals surface area contributed by atoms with Crippen molar-refractivity contribution in [3.63, 3.8) is 0 Å². The van der Waals surface area contributed by atoms with Crippen LogP contribution < -0.4 is 0 Å². The Morgan fingerprint density at radius 3 is 1.83 bits per heavy atom. The highest BCUT2D eigenvalue weighted by atomic mass is 19.4. The lowest BCUT2D eigenvalue weighted by atomic mass is 9.99. The number of carboxylic acids is 1. The molecule has 2 N–H and O–H groups in total.